The maximum Gasteiger partial charge on any atom is 0.110 e. The van der Waals surface area contributed by atoms with Crippen LogP contribution in [0.1, 0.15) is 35.5 Å². The molecule has 0 radical (unpaired) electrons. The zero-order valence-electron chi connectivity index (χ0n) is 11.4. The highest BCUT2D eigenvalue weighted by Crippen LogP contribution is 2.18. The molecule has 0 fully saturated rings. The van der Waals surface area contributed by atoms with E-state index in [1.165, 1.54) is 16.7 Å². The molecular weight excluding hydrogens is 222 g/mol. The highest BCUT2D eigenvalue weighted by atomic mass is 15.1. The van der Waals surface area contributed by atoms with Gasteiger partial charge in [-0.05, 0) is 37.5 Å². The molecule has 96 valence electrons. The third-order valence-corrected chi connectivity index (χ3v) is 3.50. The van der Waals surface area contributed by atoms with Crippen molar-refractivity contribution in [2.75, 3.05) is 0 Å². The molecule has 0 bridgehead atoms. The van der Waals surface area contributed by atoms with E-state index in [9.17, 15) is 0 Å². The van der Waals surface area contributed by atoms with Gasteiger partial charge in [0.1, 0.15) is 5.82 Å². The van der Waals surface area contributed by atoms with Crippen LogP contribution in [0.2, 0.25) is 0 Å². The summed E-state index contributed by atoms with van der Waals surface area (Å²) in [4.78, 5) is 4.38. The fraction of sp³-hybridized carbons (Fsp3) is 0.400. The summed E-state index contributed by atoms with van der Waals surface area (Å²) in [5, 5.41) is 0. The van der Waals surface area contributed by atoms with Gasteiger partial charge in [-0.2, -0.15) is 0 Å². The molecule has 0 saturated carbocycles. The van der Waals surface area contributed by atoms with Crippen LogP contribution < -0.4 is 5.73 Å². The number of nitrogens with zero attached hydrogens (tertiary/aromatic N) is 2. The van der Waals surface area contributed by atoms with Crippen LogP contribution in [0.25, 0.3) is 0 Å². The van der Waals surface area contributed by atoms with Crippen LogP contribution in [0.4, 0.5) is 0 Å². The topological polar surface area (TPSA) is 43.8 Å². The number of nitrogens with two attached hydrogens (primary N) is 1. The van der Waals surface area contributed by atoms with Crippen LogP contribution in [0.15, 0.2) is 30.6 Å². The molecule has 1 unspecified atom stereocenters. The van der Waals surface area contributed by atoms with Crippen molar-refractivity contribution in [1.82, 2.24) is 9.55 Å². The van der Waals surface area contributed by atoms with Gasteiger partial charge in [-0.25, -0.2) is 4.98 Å². The lowest BCUT2D eigenvalue weighted by Gasteiger charge is -2.14. The molecule has 2 aromatic rings. The molecule has 1 aromatic heterocycles. The molecule has 2 rings (SSSR count). The van der Waals surface area contributed by atoms with Gasteiger partial charge in [0.15, 0.2) is 0 Å². The highest BCUT2D eigenvalue weighted by molar-refractivity contribution is 5.31. The van der Waals surface area contributed by atoms with Crippen molar-refractivity contribution in [2.45, 2.75) is 39.8 Å². The third kappa shape index (κ3) is 2.62. The number of imidazole rings is 1. The molecule has 1 atom stereocenters. The average molecular weight is 243 g/mol. The van der Waals surface area contributed by atoms with Crippen LogP contribution in [-0.2, 0) is 13.0 Å². The summed E-state index contributed by atoms with van der Waals surface area (Å²) in [6.07, 6.45) is 4.62. The summed E-state index contributed by atoms with van der Waals surface area (Å²) in [6, 6.07) is 6.44. The Morgan fingerprint density at radius 2 is 2.06 bits per heavy atom. The number of aryl methyl sites for hydroxylation is 3. The largest absolute Gasteiger partial charge is 0.335 e. The number of rotatable bonds is 4. The van der Waals surface area contributed by atoms with Crippen molar-refractivity contribution >= 4 is 0 Å². The summed E-state index contributed by atoms with van der Waals surface area (Å²) in [6.45, 7) is 7.30. The smallest absolute Gasteiger partial charge is 0.110 e. The van der Waals surface area contributed by atoms with E-state index in [-0.39, 0.29) is 6.04 Å². The molecule has 0 amide bonds. The normalized spacial score (nSPS) is 12.7. The van der Waals surface area contributed by atoms with E-state index in [4.69, 9.17) is 5.73 Å². The summed E-state index contributed by atoms with van der Waals surface area (Å²) in [5.41, 5.74) is 10.1. The molecule has 0 spiro atoms. The Balaban J connectivity index is 2.16. The lowest BCUT2D eigenvalue weighted by Crippen LogP contribution is -2.16. The Morgan fingerprint density at radius 3 is 2.72 bits per heavy atom. The standard InChI is InChI=1S/C15H21N3/c1-4-18-8-7-17-15(18)10-14(16)13-6-5-11(2)12(3)9-13/h5-9,14H,4,10,16H2,1-3H3. The van der Waals surface area contributed by atoms with Gasteiger partial charge in [-0.1, -0.05) is 18.2 Å². The van der Waals surface area contributed by atoms with E-state index in [2.05, 4.69) is 48.5 Å². The second-order valence-electron chi connectivity index (χ2n) is 4.78. The van der Waals surface area contributed by atoms with E-state index in [0.717, 1.165) is 18.8 Å². The maximum atomic E-state index is 6.28. The maximum absolute atomic E-state index is 6.28. The molecule has 2 N–H and O–H groups in total. The fourth-order valence-electron chi connectivity index (χ4n) is 2.13. The second-order valence-corrected chi connectivity index (χ2v) is 4.78. The molecule has 3 heteroatoms. The molecule has 0 aliphatic carbocycles. The monoisotopic (exact) mass is 243 g/mol. The van der Waals surface area contributed by atoms with Gasteiger partial charge >= 0.3 is 0 Å². The molecule has 1 aromatic carbocycles. The van der Waals surface area contributed by atoms with E-state index in [1.807, 2.05) is 12.4 Å². The van der Waals surface area contributed by atoms with Crippen LogP contribution in [-0.4, -0.2) is 9.55 Å². The van der Waals surface area contributed by atoms with Crippen LogP contribution in [0.5, 0.6) is 0 Å². The molecule has 0 saturated heterocycles. The zero-order chi connectivity index (χ0) is 13.1. The van der Waals surface area contributed by atoms with Crippen molar-refractivity contribution in [3.63, 3.8) is 0 Å². The number of aromatic nitrogens is 2. The number of hydrogen-bond donors (Lipinski definition) is 1. The minimum atomic E-state index is 0.0111. The van der Waals surface area contributed by atoms with Gasteiger partial charge in [-0.15, -0.1) is 0 Å². The average Bonchev–Trinajstić information content (AvgIpc) is 2.79. The first-order chi connectivity index (χ1) is 8.61. The minimum absolute atomic E-state index is 0.0111. The quantitative estimate of drug-likeness (QED) is 0.897. The summed E-state index contributed by atoms with van der Waals surface area (Å²) >= 11 is 0. The zero-order valence-corrected chi connectivity index (χ0v) is 11.4. The molecule has 18 heavy (non-hydrogen) atoms. The fourth-order valence-corrected chi connectivity index (χ4v) is 2.13. The Bertz CT molecular complexity index is 528. The van der Waals surface area contributed by atoms with Crippen LogP contribution >= 0.6 is 0 Å². The van der Waals surface area contributed by atoms with Crippen LogP contribution in [0.3, 0.4) is 0 Å². The SMILES string of the molecule is CCn1ccnc1CC(N)c1ccc(C)c(C)c1. The van der Waals surface area contributed by atoms with E-state index >= 15 is 0 Å². The first-order valence-corrected chi connectivity index (χ1v) is 6.44. The molecule has 0 aliphatic rings. The third-order valence-electron chi connectivity index (χ3n) is 3.50. The Kier molecular flexibility index (Phi) is 3.82. The summed E-state index contributed by atoms with van der Waals surface area (Å²) in [5.74, 6) is 1.06. The Labute approximate surface area is 109 Å². The molecular formula is C15H21N3. The summed E-state index contributed by atoms with van der Waals surface area (Å²) in [7, 11) is 0. The Morgan fingerprint density at radius 1 is 1.28 bits per heavy atom. The second kappa shape index (κ2) is 5.36. The predicted octanol–water partition coefficient (Wildman–Crippen LogP) is 2.76. The van der Waals surface area contributed by atoms with E-state index < -0.39 is 0 Å². The Hall–Kier alpha value is -1.61. The predicted molar refractivity (Wildman–Crippen MR) is 74.4 cm³/mol. The van der Waals surface area contributed by atoms with Gasteiger partial charge < -0.3 is 10.3 Å². The van der Waals surface area contributed by atoms with Crippen molar-refractivity contribution in [3.05, 3.63) is 53.1 Å². The van der Waals surface area contributed by atoms with Crippen molar-refractivity contribution < 1.29 is 0 Å². The summed E-state index contributed by atoms with van der Waals surface area (Å²) < 4.78 is 2.14. The van der Waals surface area contributed by atoms with E-state index in [1.54, 1.807) is 0 Å². The van der Waals surface area contributed by atoms with E-state index in [0.29, 0.717) is 0 Å². The van der Waals surface area contributed by atoms with Gasteiger partial charge in [0.25, 0.3) is 0 Å². The lowest BCUT2D eigenvalue weighted by atomic mass is 9.99. The molecule has 3 nitrogen and oxygen atoms in total. The van der Waals surface area contributed by atoms with Gasteiger partial charge in [0.2, 0.25) is 0 Å². The number of benzene rings is 1. The first-order valence-electron chi connectivity index (χ1n) is 6.44. The van der Waals surface area contributed by atoms with Gasteiger partial charge in [0, 0.05) is 31.4 Å². The number of hydrogen-bond acceptors (Lipinski definition) is 2. The highest BCUT2D eigenvalue weighted by Gasteiger charge is 2.11. The van der Waals surface area contributed by atoms with Crippen molar-refractivity contribution in [1.29, 1.82) is 0 Å². The first kappa shape index (κ1) is 12.8. The van der Waals surface area contributed by atoms with Crippen molar-refractivity contribution in [2.24, 2.45) is 5.73 Å². The lowest BCUT2D eigenvalue weighted by molar-refractivity contribution is 0.628. The van der Waals surface area contributed by atoms with Gasteiger partial charge in [-0.3, -0.25) is 0 Å². The minimum Gasteiger partial charge on any atom is -0.335 e. The van der Waals surface area contributed by atoms with Crippen LogP contribution in [0, 0.1) is 13.8 Å². The molecule has 1 heterocycles. The molecule has 0 aliphatic heterocycles. The van der Waals surface area contributed by atoms with Gasteiger partial charge in [0.05, 0.1) is 0 Å². The van der Waals surface area contributed by atoms with Crippen molar-refractivity contribution in [3.8, 4) is 0 Å².